The lowest BCUT2D eigenvalue weighted by atomic mass is 10.2. The van der Waals surface area contributed by atoms with Crippen molar-refractivity contribution in [3.8, 4) is 11.5 Å². The van der Waals surface area contributed by atoms with E-state index in [0.717, 1.165) is 0 Å². The summed E-state index contributed by atoms with van der Waals surface area (Å²) in [5, 5.41) is 12.4. The molecule has 0 saturated carbocycles. The topological polar surface area (TPSA) is 97.2 Å². The molecule has 8 heteroatoms. The Hall–Kier alpha value is -3.42. The van der Waals surface area contributed by atoms with Crippen LogP contribution in [0.25, 0.3) is 0 Å². The number of benzene rings is 2. The monoisotopic (exact) mass is 346 g/mol. The minimum Gasteiger partial charge on any atom is -0.481 e. The van der Waals surface area contributed by atoms with Gasteiger partial charge in [0.05, 0.1) is 6.21 Å². The molecule has 0 aliphatic rings. The summed E-state index contributed by atoms with van der Waals surface area (Å²) < 4.78 is 23.5. The Morgan fingerprint density at radius 3 is 2.40 bits per heavy atom. The number of carbonyl (C=O) groups is 2. The maximum absolute atomic E-state index is 13.3. The number of nitrogens with zero attached hydrogens (tertiary/aromatic N) is 1. The molecule has 0 bridgehead atoms. The van der Waals surface area contributed by atoms with Crippen LogP contribution in [0.1, 0.15) is 5.56 Å². The largest absolute Gasteiger partial charge is 0.481 e. The molecule has 2 aromatic carbocycles. The Kier molecular flexibility index (Phi) is 6.47. The number of halogens is 1. The van der Waals surface area contributed by atoms with Crippen LogP contribution in [-0.4, -0.2) is 36.4 Å². The third-order valence-corrected chi connectivity index (χ3v) is 2.86. The first kappa shape index (κ1) is 17.9. The number of carboxylic acids is 1. The van der Waals surface area contributed by atoms with Gasteiger partial charge in [0.2, 0.25) is 0 Å². The van der Waals surface area contributed by atoms with Crippen molar-refractivity contribution in [2.24, 2.45) is 5.10 Å². The summed E-state index contributed by atoms with van der Waals surface area (Å²) in [6.45, 7) is -0.900. The van der Waals surface area contributed by atoms with E-state index in [-0.39, 0.29) is 5.75 Å². The predicted octanol–water partition coefficient (Wildman–Crippen LogP) is 1.82. The van der Waals surface area contributed by atoms with Crippen LogP contribution in [0.2, 0.25) is 0 Å². The minimum atomic E-state index is -1.11. The Morgan fingerprint density at radius 1 is 1.04 bits per heavy atom. The molecule has 0 radical (unpaired) electrons. The normalized spacial score (nSPS) is 10.4. The molecule has 7 nitrogen and oxygen atoms in total. The van der Waals surface area contributed by atoms with E-state index in [4.69, 9.17) is 14.6 Å². The van der Waals surface area contributed by atoms with E-state index in [0.29, 0.717) is 11.3 Å². The van der Waals surface area contributed by atoms with Gasteiger partial charge >= 0.3 is 5.97 Å². The number of carboxylic acid groups (broad SMARTS) is 1. The van der Waals surface area contributed by atoms with Crippen LogP contribution in [0.15, 0.2) is 53.6 Å². The minimum absolute atomic E-state index is 0.0333. The highest BCUT2D eigenvalue weighted by Crippen LogP contribution is 2.16. The third-order valence-electron chi connectivity index (χ3n) is 2.86. The summed E-state index contributed by atoms with van der Waals surface area (Å²) in [5.74, 6) is -1.98. The molecular weight excluding hydrogens is 331 g/mol. The highest BCUT2D eigenvalue weighted by Gasteiger charge is 2.06. The van der Waals surface area contributed by atoms with Gasteiger partial charge in [0.15, 0.2) is 24.8 Å². The fraction of sp³-hybridized carbons (Fsp3) is 0.118. The number of rotatable bonds is 8. The van der Waals surface area contributed by atoms with E-state index in [1.165, 1.54) is 24.4 Å². The number of amides is 1. The molecule has 0 atom stereocenters. The summed E-state index contributed by atoms with van der Waals surface area (Å²) in [5.41, 5.74) is 2.71. The zero-order chi connectivity index (χ0) is 18.1. The van der Waals surface area contributed by atoms with Crippen LogP contribution in [0.4, 0.5) is 4.39 Å². The van der Waals surface area contributed by atoms with Gasteiger partial charge in [0.1, 0.15) is 5.75 Å². The van der Waals surface area contributed by atoms with E-state index < -0.39 is 30.9 Å². The number of hydrazone groups is 1. The molecule has 0 fully saturated rings. The maximum atomic E-state index is 13.3. The second kappa shape index (κ2) is 9.02. The van der Waals surface area contributed by atoms with E-state index in [1.54, 1.807) is 30.3 Å². The van der Waals surface area contributed by atoms with Crippen molar-refractivity contribution in [3.63, 3.8) is 0 Å². The first-order chi connectivity index (χ1) is 12.1. The Morgan fingerprint density at radius 2 is 1.68 bits per heavy atom. The number of para-hydroxylation sites is 2. The summed E-state index contributed by atoms with van der Waals surface area (Å²) in [7, 11) is 0. The van der Waals surface area contributed by atoms with Gasteiger partial charge in [0, 0.05) is 5.56 Å². The van der Waals surface area contributed by atoms with Crippen LogP contribution in [-0.2, 0) is 9.59 Å². The summed E-state index contributed by atoms with van der Waals surface area (Å²) in [6.07, 6.45) is 1.30. The fourth-order valence-corrected chi connectivity index (χ4v) is 1.77. The van der Waals surface area contributed by atoms with Crippen LogP contribution in [0.3, 0.4) is 0 Å². The van der Waals surface area contributed by atoms with Gasteiger partial charge in [-0.1, -0.05) is 24.3 Å². The van der Waals surface area contributed by atoms with Gasteiger partial charge in [-0.3, -0.25) is 4.79 Å². The van der Waals surface area contributed by atoms with Crippen molar-refractivity contribution >= 4 is 18.1 Å². The molecular formula is C17H15FN2O5. The molecule has 0 unspecified atom stereocenters. The number of hydrogen-bond acceptors (Lipinski definition) is 5. The molecule has 0 aromatic heterocycles. The van der Waals surface area contributed by atoms with Crippen molar-refractivity contribution in [3.05, 3.63) is 59.9 Å². The van der Waals surface area contributed by atoms with Crippen LogP contribution >= 0.6 is 0 Å². The average Bonchev–Trinajstić information content (AvgIpc) is 2.60. The van der Waals surface area contributed by atoms with Gasteiger partial charge < -0.3 is 14.6 Å². The smallest absolute Gasteiger partial charge is 0.341 e. The zero-order valence-electron chi connectivity index (χ0n) is 13.0. The van der Waals surface area contributed by atoms with Gasteiger partial charge in [0.25, 0.3) is 5.91 Å². The SMILES string of the molecule is O=C(O)COc1ccccc1/C=N\NC(=O)COc1ccccc1F. The Labute approximate surface area is 142 Å². The van der Waals surface area contributed by atoms with Crippen LogP contribution in [0.5, 0.6) is 11.5 Å². The Bertz CT molecular complexity index is 779. The second-order valence-corrected chi connectivity index (χ2v) is 4.73. The van der Waals surface area contributed by atoms with Crippen LogP contribution in [0, 0.1) is 5.82 Å². The number of ether oxygens (including phenoxy) is 2. The van der Waals surface area contributed by atoms with Crippen LogP contribution < -0.4 is 14.9 Å². The molecule has 0 aliphatic heterocycles. The molecule has 0 heterocycles. The molecule has 2 rings (SSSR count). The van der Waals surface area contributed by atoms with E-state index in [1.807, 2.05) is 0 Å². The van der Waals surface area contributed by atoms with E-state index >= 15 is 0 Å². The quantitative estimate of drug-likeness (QED) is 0.561. The molecule has 130 valence electrons. The van der Waals surface area contributed by atoms with Crippen molar-refractivity contribution in [1.82, 2.24) is 5.43 Å². The molecule has 2 N–H and O–H groups in total. The second-order valence-electron chi connectivity index (χ2n) is 4.73. The molecule has 2 aromatic rings. The average molecular weight is 346 g/mol. The van der Waals surface area contributed by atoms with Gasteiger partial charge in [-0.2, -0.15) is 5.10 Å². The first-order valence-electron chi connectivity index (χ1n) is 7.19. The number of nitrogens with one attached hydrogen (secondary N) is 1. The summed E-state index contributed by atoms with van der Waals surface area (Å²) >= 11 is 0. The lowest BCUT2D eigenvalue weighted by Crippen LogP contribution is -2.24. The number of carbonyl (C=O) groups excluding carboxylic acids is 1. The molecule has 0 saturated heterocycles. The van der Waals surface area contributed by atoms with E-state index in [9.17, 15) is 14.0 Å². The third kappa shape index (κ3) is 5.94. The standard InChI is InChI=1S/C17H15FN2O5/c18-13-6-2-4-8-15(13)24-10-16(21)20-19-9-12-5-1-3-7-14(12)25-11-17(22)23/h1-9H,10-11H2,(H,20,21)(H,22,23)/b19-9-. The van der Waals surface area contributed by atoms with Gasteiger partial charge in [-0.15, -0.1) is 0 Å². The molecule has 1 amide bonds. The molecule has 25 heavy (non-hydrogen) atoms. The summed E-state index contributed by atoms with van der Waals surface area (Å²) in [6, 6.07) is 12.3. The highest BCUT2D eigenvalue weighted by atomic mass is 19.1. The van der Waals surface area contributed by atoms with Crippen molar-refractivity contribution in [1.29, 1.82) is 0 Å². The fourth-order valence-electron chi connectivity index (χ4n) is 1.77. The maximum Gasteiger partial charge on any atom is 0.341 e. The number of aliphatic carboxylic acids is 1. The van der Waals surface area contributed by atoms with Crippen molar-refractivity contribution in [2.75, 3.05) is 13.2 Å². The molecule has 0 spiro atoms. The van der Waals surface area contributed by atoms with Gasteiger partial charge in [-0.05, 0) is 24.3 Å². The van der Waals surface area contributed by atoms with E-state index in [2.05, 4.69) is 10.5 Å². The van der Waals surface area contributed by atoms with Crippen molar-refractivity contribution in [2.45, 2.75) is 0 Å². The lowest BCUT2D eigenvalue weighted by Gasteiger charge is -2.07. The Balaban J connectivity index is 1.87. The first-order valence-corrected chi connectivity index (χ1v) is 7.19. The number of hydrogen-bond donors (Lipinski definition) is 2. The summed E-state index contributed by atoms with van der Waals surface area (Å²) in [4.78, 5) is 22.2. The zero-order valence-corrected chi connectivity index (χ0v) is 13.0. The lowest BCUT2D eigenvalue weighted by molar-refractivity contribution is -0.139. The molecule has 0 aliphatic carbocycles. The highest BCUT2D eigenvalue weighted by molar-refractivity contribution is 5.85. The van der Waals surface area contributed by atoms with Gasteiger partial charge in [-0.25, -0.2) is 14.6 Å². The predicted molar refractivity (Wildman–Crippen MR) is 87.2 cm³/mol. The van der Waals surface area contributed by atoms with Crippen molar-refractivity contribution < 1.29 is 28.6 Å².